The number of hydrogen-bond donors (Lipinski definition) is 4. The number of benzene rings is 1. The van der Waals surface area contributed by atoms with E-state index in [0.29, 0.717) is 22.1 Å². The van der Waals surface area contributed by atoms with Crippen LogP contribution in [0, 0.1) is 11.6 Å². The maximum Gasteiger partial charge on any atom is 0.191 e. The number of thioether (sulfide) groups is 1. The highest BCUT2D eigenvalue weighted by Crippen LogP contribution is 2.44. The Labute approximate surface area is 193 Å². The van der Waals surface area contributed by atoms with E-state index in [4.69, 9.17) is 0 Å². The fourth-order valence-electron chi connectivity index (χ4n) is 4.40. The first kappa shape index (κ1) is 22.5. The number of hydrogen-bond acceptors (Lipinski definition) is 8. The van der Waals surface area contributed by atoms with Crippen molar-refractivity contribution in [2.45, 2.75) is 67.7 Å². The summed E-state index contributed by atoms with van der Waals surface area (Å²) < 4.78 is 28.6. The monoisotopic (exact) mass is 477 g/mol. The topological polar surface area (TPSA) is 116 Å². The molecule has 0 unspecified atom stereocenters. The molecule has 0 radical (unpaired) electrons. The van der Waals surface area contributed by atoms with Crippen molar-refractivity contribution in [3.8, 4) is 0 Å². The van der Waals surface area contributed by atoms with Gasteiger partial charge in [0.2, 0.25) is 0 Å². The van der Waals surface area contributed by atoms with Gasteiger partial charge in [-0.3, -0.25) is 0 Å². The summed E-state index contributed by atoms with van der Waals surface area (Å²) in [5, 5.41) is 34.3. The highest BCUT2D eigenvalue weighted by molar-refractivity contribution is 7.99. The molecule has 2 aliphatic carbocycles. The van der Waals surface area contributed by atoms with Crippen LogP contribution in [0.5, 0.6) is 0 Å². The maximum absolute atomic E-state index is 13.7. The zero-order valence-corrected chi connectivity index (χ0v) is 18.7. The largest absolute Gasteiger partial charge is 0.390 e. The molecule has 2 fully saturated rings. The van der Waals surface area contributed by atoms with Crippen molar-refractivity contribution < 1.29 is 24.1 Å². The van der Waals surface area contributed by atoms with Gasteiger partial charge in [-0.1, -0.05) is 24.8 Å². The molecular weight excluding hydrogens is 452 g/mol. The van der Waals surface area contributed by atoms with E-state index in [-0.39, 0.29) is 18.4 Å². The molecule has 6 atom stereocenters. The Kier molecular flexibility index (Phi) is 5.98. The number of anilines is 1. The van der Waals surface area contributed by atoms with Crippen LogP contribution in [-0.4, -0.2) is 64.9 Å². The smallest absolute Gasteiger partial charge is 0.191 e. The Balaban J connectivity index is 1.45. The Morgan fingerprint density at radius 3 is 2.64 bits per heavy atom. The van der Waals surface area contributed by atoms with Crippen LogP contribution in [0.3, 0.4) is 0 Å². The number of halogens is 2. The quantitative estimate of drug-likeness (QED) is 0.303. The zero-order chi connectivity index (χ0) is 23.3. The van der Waals surface area contributed by atoms with E-state index < -0.39 is 36.0 Å². The van der Waals surface area contributed by atoms with Crippen LogP contribution >= 0.6 is 11.8 Å². The van der Waals surface area contributed by atoms with Crippen molar-refractivity contribution in [2.24, 2.45) is 0 Å². The van der Waals surface area contributed by atoms with Crippen molar-refractivity contribution in [2.75, 3.05) is 11.1 Å². The summed E-state index contributed by atoms with van der Waals surface area (Å²) in [5.41, 5.74) is 1.73. The van der Waals surface area contributed by atoms with E-state index in [2.05, 4.69) is 27.2 Å². The molecule has 0 bridgehead atoms. The van der Waals surface area contributed by atoms with Crippen molar-refractivity contribution in [3.05, 3.63) is 41.7 Å². The highest BCUT2D eigenvalue weighted by atomic mass is 32.2. The first-order valence-corrected chi connectivity index (χ1v) is 12.0. The van der Waals surface area contributed by atoms with Crippen LogP contribution in [0.2, 0.25) is 0 Å². The lowest BCUT2D eigenvalue weighted by Crippen LogP contribution is -2.31. The van der Waals surface area contributed by atoms with Gasteiger partial charge in [0.05, 0.1) is 18.5 Å². The molecule has 2 heterocycles. The molecule has 11 heteroatoms. The summed E-state index contributed by atoms with van der Waals surface area (Å²) in [5.74, 6) is -0.349. The van der Waals surface area contributed by atoms with Gasteiger partial charge < -0.3 is 25.2 Å². The molecule has 2 saturated carbocycles. The maximum atomic E-state index is 13.7. The van der Waals surface area contributed by atoms with Crippen molar-refractivity contribution in [1.29, 1.82) is 0 Å². The molecule has 5 rings (SSSR count). The predicted octanol–water partition coefficient (Wildman–Crippen LogP) is 2.60. The number of nitrogens with zero attached hydrogens (tertiary/aromatic N) is 4. The second-order valence-corrected chi connectivity index (χ2v) is 9.71. The number of fused-ring (bicyclic) bond motifs is 1. The Hall–Kier alpha value is -2.34. The van der Waals surface area contributed by atoms with Gasteiger partial charge in [0, 0.05) is 17.7 Å². The van der Waals surface area contributed by atoms with Gasteiger partial charge >= 0.3 is 0 Å². The van der Waals surface area contributed by atoms with Gasteiger partial charge in [-0.2, -0.15) is 0 Å². The van der Waals surface area contributed by atoms with Crippen molar-refractivity contribution in [1.82, 2.24) is 19.5 Å². The SMILES string of the molecule is CCCSc1nc(N[C@@H]2C[C@H]2c2ccc(F)c(F)c2)c2ncn([C@@H]3C[C@@H](O)[C@@H](O)[C@H]3O)c2n1. The summed E-state index contributed by atoms with van der Waals surface area (Å²) in [7, 11) is 0. The summed E-state index contributed by atoms with van der Waals surface area (Å²) in [4.78, 5) is 13.7. The number of imidazole rings is 1. The normalized spacial score (nSPS) is 29.0. The number of nitrogens with one attached hydrogen (secondary N) is 1. The van der Waals surface area contributed by atoms with Crippen molar-refractivity contribution in [3.63, 3.8) is 0 Å². The van der Waals surface area contributed by atoms with Crippen LogP contribution in [0.1, 0.15) is 43.7 Å². The summed E-state index contributed by atoms with van der Waals surface area (Å²) >= 11 is 1.50. The van der Waals surface area contributed by atoms with Crippen molar-refractivity contribution >= 4 is 28.7 Å². The molecule has 3 aromatic rings. The second kappa shape index (κ2) is 8.79. The first-order valence-electron chi connectivity index (χ1n) is 11.0. The number of aliphatic hydroxyl groups excluding tert-OH is 3. The zero-order valence-electron chi connectivity index (χ0n) is 17.9. The van der Waals surface area contributed by atoms with Crippen LogP contribution in [0.4, 0.5) is 14.6 Å². The van der Waals surface area contributed by atoms with Gasteiger partial charge in [0.15, 0.2) is 33.8 Å². The Morgan fingerprint density at radius 2 is 1.94 bits per heavy atom. The molecule has 0 aliphatic heterocycles. The molecule has 33 heavy (non-hydrogen) atoms. The fourth-order valence-corrected chi connectivity index (χ4v) is 5.09. The molecule has 2 aliphatic rings. The van der Waals surface area contributed by atoms with Crippen LogP contribution < -0.4 is 5.32 Å². The molecule has 0 spiro atoms. The lowest BCUT2D eigenvalue weighted by molar-refractivity contribution is -0.0244. The average molecular weight is 478 g/mol. The van der Waals surface area contributed by atoms with E-state index in [1.165, 1.54) is 24.2 Å². The van der Waals surface area contributed by atoms with Gasteiger partial charge in [0.25, 0.3) is 0 Å². The third-order valence-electron chi connectivity index (χ3n) is 6.30. The summed E-state index contributed by atoms with van der Waals surface area (Å²) in [6, 6.07) is 3.38. The van der Waals surface area contributed by atoms with E-state index >= 15 is 0 Å². The molecule has 0 amide bonds. The molecule has 176 valence electrons. The van der Waals surface area contributed by atoms with E-state index in [9.17, 15) is 24.1 Å². The van der Waals surface area contributed by atoms with Gasteiger partial charge in [-0.05, 0) is 37.0 Å². The summed E-state index contributed by atoms with van der Waals surface area (Å²) in [6.07, 6.45) is -0.000922. The van der Waals surface area contributed by atoms with Gasteiger partial charge in [-0.25, -0.2) is 23.7 Å². The number of aliphatic hydroxyl groups is 3. The molecule has 1 aromatic carbocycles. The minimum Gasteiger partial charge on any atom is -0.390 e. The fraction of sp³-hybridized carbons (Fsp3) is 0.500. The molecule has 2 aromatic heterocycles. The molecule has 8 nitrogen and oxygen atoms in total. The number of rotatable bonds is 7. The lowest BCUT2D eigenvalue weighted by Gasteiger charge is -2.18. The molecule has 4 N–H and O–H groups in total. The predicted molar refractivity (Wildman–Crippen MR) is 119 cm³/mol. The molecule has 0 saturated heterocycles. The standard InChI is InChI=1S/C22H25F2N5O3S/c1-2-5-33-22-27-20(26-14-7-11(14)10-3-4-12(23)13(24)6-10)17-21(28-22)29(9-25-17)15-8-16(30)19(32)18(15)31/h3-4,6,9,11,14-16,18-19,30-32H,2,5,7-8H2,1H3,(H,26,27,28)/t11-,14+,15+,16+,18-,19+/m0/s1. The van der Waals surface area contributed by atoms with E-state index in [1.54, 1.807) is 10.6 Å². The average Bonchev–Trinajstić information content (AvgIpc) is 3.36. The highest BCUT2D eigenvalue weighted by Gasteiger charge is 2.43. The van der Waals surface area contributed by atoms with Crippen LogP contribution in [-0.2, 0) is 0 Å². The minimum absolute atomic E-state index is 0.0112. The first-order chi connectivity index (χ1) is 15.9. The lowest BCUT2D eigenvalue weighted by atomic mass is 10.1. The minimum atomic E-state index is -1.23. The second-order valence-electron chi connectivity index (χ2n) is 8.65. The number of aromatic nitrogens is 4. The van der Waals surface area contributed by atoms with Crippen LogP contribution in [0.15, 0.2) is 29.7 Å². The van der Waals surface area contributed by atoms with E-state index in [0.717, 1.165) is 30.2 Å². The summed E-state index contributed by atoms with van der Waals surface area (Å²) in [6.45, 7) is 2.06. The third-order valence-corrected chi connectivity index (χ3v) is 7.35. The van der Waals surface area contributed by atoms with E-state index in [1.807, 2.05) is 0 Å². The van der Waals surface area contributed by atoms with Gasteiger partial charge in [-0.15, -0.1) is 0 Å². The molecular formula is C22H25F2N5O3S. The Morgan fingerprint density at radius 1 is 1.12 bits per heavy atom. The van der Waals surface area contributed by atoms with Crippen LogP contribution in [0.25, 0.3) is 11.2 Å². The third kappa shape index (κ3) is 4.18. The Bertz CT molecular complexity index is 1180. The van der Waals surface area contributed by atoms with Gasteiger partial charge in [0.1, 0.15) is 12.2 Å².